The van der Waals surface area contributed by atoms with Crippen molar-refractivity contribution < 1.29 is 0 Å². The summed E-state index contributed by atoms with van der Waals surface area (Å²) >= 11 is 0. The molecule has 0 aliphatic carbocycles. The van der Waals surface area contributed by atoms with Crippen LogP contribution in [0, 0.1) is 0 Å². The summed E-state index contributed by atoms with van der Waals surface area (Å²) in [6.45, 7) is 0. The fourth-order valence-corrected chi connectivity index (χ4v) is 1.92. The van der Waals surface area contributed by atoms with E-state index in [4.69, 9.17) is 0 Å². The van der Waals surface area contributed by atoms with Crippen LogP contribution in [-0.2, 0) is 0 Å². The molecule has 0 unspecified atom stereocenters. The largest absolute Gasteiger partial charge is 0.296 e. The molecule has 0 N–H and O–H groups in total. The van der Waals surface area contributed by atoms with Crippen LogP contribution in [0.5, 0.6) is 0 Å². The van der Waals surface area contributed by atoms with E-state index >= 15 is 0 Å². The summed E-state index contributed by atoms with van der Waals surface area (Å²) in [5.74, 6) is 0. The number of hydrogen-bond acceptors (Lipinski definition) is 2. The van der Waals surface area contributed by atoms with Gasteiger partial charge in [-0.25, -0.2) is 0 Å². The fraction of sp³-hybridized carbons (Fsp3) is 0.125. The number of hydrogen-bond donors (Lipinski definition) is 0. The highest BCUT2D eigenvalue weighted by molar-refractivity contribution is 5.89. The summed E-state index contributed by atoms with van der Waals surface area (Å²) in [6, 6.07) is 16.7. The Bertz CT molecular complexity index is 539. The lowest BCUT2D eigenvalue weighted by atomic mass is 10.0. The Morgan fingerprint density at radius 3 is 1.78 bits per heavy atom. The molecule has 0 aliphatic heterocycles. The van der Waals surface area contributed by atoms with Gasteiger partial charge in [0, 0.05) is 26.5 Å². The molecule has 2 heteroatoms. The van der Waals surface area contributed by atoms with Gasteiger partial charge in [-0.1, -0.05) is 30.3 Å². The zero-order valence-corrected chi connectivity index (χ0v) is 10.7. The standard InChI is InChI=1S/C16H16N2/c1-17-11-13-8-14(12-18-2)10-16(9-13)15-6-4-3-5-7-15/h3-12H,1-2H3. The van der Waals surface area contributed by atoms with Crippen LogP contribution < -0.4 is 0 Å². The van der Waals surface area contributed by atoms with Gasteiger partial charge in [0.25, 0.3) is 0 Å². The maximum absolute atomic E-state index is 4.07. The molecule has 2 rings (SSSR count). The van der Waals surface area contributed by atoms with Crippen LogP contribution in [0.4, 0.5) is 0 Å². The topological polar surface area (TPSA) is 24.7 Å². The van der Waals surface area contributed by atoms with Gasteiger partial charge in [-0.2, -0.15) is 0 Å². The van der Waals surface area contributed by atoms with Crippen LogP contribution in [0.1, 0.15) is 11.1 Å². The van der Waals surface area contributed by atoms with Crippen molar-refractivity contribution in [3.63, 3.8) is 0 Å². The molecule has 2 aromatic carbocycles. The van der Waals surface area contributed by atoms with Crippen molar-refractivity contribution in [1.29, 1.82) is 0 Å². The van der Waals surface area contributed by atoms with Crippen molar-refractivity contribution >= 4 is 12.4 Å². The first-order chi connectivity index (χ1) is 8.83. The van der Waals surface area contributed by atoms with Crippen LogP contribution >= 0.6 is 0 Å². The third-order valence-electron chi connectivity index (χ3n) is 2.64. The molecule has 0 saturated heterocycles. The van der Waals surface area contributed by atoms with E-state index in [1.807, 2.05) is 30.6 Å². The average molecular weight is 236 g/mol. The second-order valence-corrected chi connectivity index (χ2v) is 4.03. The number of nitrogens with zero attached hydrogens (tertiary/aromatic N) is 2. The molecule has 0 saturated carbocycles. The fourth-order valence-electron chi connectivity index (χ4n) is 1.92. The van der Waals surface area contributed by atoms with E-state index in [1.165, 1.54) is 11.1 Å². The van der Waals surface area contributed by atoms with Gasteiger partial charge in [0.05, 0.1) is 0 Å². The van der Waals surface area contributed by atoms with Crippen LogP contribution in [0.2, 0.25) is 0 Å². The molecule has 90 valence electrons. The molecular formula is C16H16N2. The molecule has 0 amide bonds. The van der Waals surface area contributed by atoms with Gasteiger partial charge < -0.3 is 0 Å². The monoisotopic (exact) mass is 236 g/mol. The van der Waals surface area contributed by atoms with Crippen LogP contribution in [0.3, 0.4) is 0 Å². The Kier molecular flexibility index (Phi) is 4.02. The maximum atomic E-state index is 4.07. The zero-order valence-electron chi connectivity index (χ0n) is 10.7. The summed E-state index contributed by atoms with van der Waals surface area (Å²) in [4.78, 5) is 8.14. The van der Waals surface area contributed by atoms with Gasteiger partial charge in [-0.05, 0) is 40.5 Å². The predicted molar refractivity (Wildman–Crippen MR) is 78.9 cm³/mol. The Balaban J connectivity index is 2.53. The SMILES string of the molecule is CN=Cc1cc(C=NC)cc(-c2ccccc2)c1. The second kappa shape index (κ2) is 5.92. The van der Waals surface area contributed by atoms with E-state index in [9.17, 15) is 0 Å². The van der Waals surface area contributed by atoms with E-state index in [-0.39, 0.29) is 0 Å². The predicted octanol–water partition coefficient (Wildman–Crippen LogP) is 3.45. The molecule has 0 heterocycles. The van der Waals surface area contributed by atoms with Gasteiger partial charge >= 0.3 is 0 Å². The summed E-state index contributed by atoms with van der Waals surface area (Å²) in [6.07, 6.45) is 3.72. The van der Waals surface area contributed by atoms with E-state index in [1.54, 1.807) is 14.1 Å². The Hall–Kier alpha value is -2.22. The van der Waals surface area contributed by atoms with Crippen LogP contribution in [-0.4, -0.2) is 26.5 Å². The van der Waals surface area contributed by atoms with Crippen molar-refractivity contribution in [2.45, 2.75) is 0 Å². The molecule has 2 nitrogen and oxygen atoms in total. The molecule has 0 radical (unpaired) electrons. The minimum atomic E-state index is 1.09. The van der Waals surface area contributed by atoms with Crippen molar-refractivity contribution in [3.05, 3.63) is 59.7 Å². The number of benzene rings is 2. The summed E-state index contributed by atoms with van der Waals surface area (Å²) in [7, 11) is 3.56. The molecule has 2 aromatic rings. The highest BCUT2D eigenvalue weighted by atomic mass is 14.6. The molecule has 18 heavy (non-hydrogen) atoms. The van der Waals surface area contributed by atoms with Crippen LogP contribution in [0.25, 0.3) is 11.1 Å². The quantitative estimate of drug-likeness (QED) is 0.729. The van der Waals surface area contributed by atoms with E-state index < -0.39 is 0 Å². The highest BCUT2D eigenvalue weighted by Gasteiger charge is 2.00. The van der Waals surface area contributed by atoms with E-state index in [0.717, 1.165) is 11.1 Å². The second-order valence-electron chi connectivity index (χ2n) is 4.03. The molecule has 0 spiro atoms. The van der Waals surface area contributed by atoms with Gasteiger partial charge in [0.2, 0.25) is 0 Å². The third kappa shape index (κ3) is 2.92. The molecule has 0 fully saturated rings. The lowest BCUT2D eigenvalue weighted by Crippen LogP contribution is -1.89. The molecule has 0 aliphatic rings. The first kappa shape index (κ1) is 12.2. The van der Waals surface area contributed by atoms with E-state index in [2.05, 4.69) is 40.3 Å². The molecule has 0 atom stereocenters. The minimum Gasteiger partial charge on any atom is -0.296 e. The van der Waals surface area contributed by atoms with Gasteiger partial charge in [0.1, 0.15) is 0 Å². The smallest absolute Gasteiger partial charge is 0.0281 e. The first-order valence-corrected chi connectivity index (χ1v) is 5.88. The maximum Gasteiger partial charge on any atom is 0.0281 e. The average Bonchev–Trinajstić information content (AvgIpc) is 2.40. The van der Waals surface area contributed by atoms with Crippen molar-refractivity contribution in [3.8, 4) is 11.1 Å². The normalized spacial score (nSPS) is 11.4. The summed E-state index contributed by atoms with van der Waals surface area (Å²) in [5, 5.41) is 0. The number of aliphatic imine (C=N–C) groups is 2. The van der Waals surface area contributed by atoms with Crippen molar-refractivity contribution in [1.82, 2.24) is 0 Å². The Labute approximate surface area is 108 Å². The van der Waals surface area contributed by atoms with Gasteiger partial charge in [-0.3, -0.25) is 9.98 Å². The summed E-state index contributed by atoms with van der Waals surface area (Å²) in [5.41, 5.74) is 4.57. The van der Waals surface area contributed by atoms with Crippen molar-refractivity contribution in [2.75, 3.05) is 14.1 Å². The first-order valence-electron chi connectivity index (χ1n) is 5.88. The van der Waals surface area contributed by atoms with Crippen LogP contribution in [0.15, 0.2) is 58.5 Å². The Morgan fingerprint density at radius 1 is 0.722 bits per heavy atom. The molecule has 0 bridgehead atoms. The lowest BCUT2D eigenvalue weighted by Gasteiger charge is -2.05. The highest BCUT2D eigenvalue weighted by Crippen LogP contribution is 2.21. The lowest BCUT2D eigenvalue weighted by molar-refractivity contribution is 1.45. The van der Waals surface area contributed by atoms with Crippen molar-refractivity contribution in [2.24, 2.45) is 9.98 Å². The van der Waals surface area contributed by atoms with Gasteiger partial charge in [-0.15, -0.1) is 0 Å². The third-order valence-corrected chi connectivity index (χ3v) is 2.64. The minimum absolute atomic E-state index is 1.09. The van der Waals surface area contributed by atoms with E-state index in [0.29, 0.717) is 0 Å². The number of rotatable bonds is 3. The summed E-state index contributed by atoms with van der Waals surface area (Å²) < 4.78 is 0. The Morgan fingerprint density at radius 2 is 1.28 bits per heavy atom. The van der Waals surface area contributed by atoms with Gasteiger partial charge in [0.15, 0.2) is 0 Å². The molecular weight excluding hydrogens is 220 g/mol. The zero-order chi connectivity index (χ0) is 12.8. The molecule has 0 aromatic heterocycles.